The van der Waals surface area contributed by atoms with E-state index < -0.39 is 5.97 Å². The number of methoxy groups -OCH3 is 1. The minimum absolute atomic E-state index is 0.0603. The quantitative estimate of drug-likeness (QED) is 0.482. The number of hydrogen-bond acceptors (Lipinski definition) is 5. The van der Waals surface area contributed by atoms with Gasteiger partial charge in [0, 0.05) is 36.8 Å². The van der Waals surface area contributed by atoms with Crippen molar-refractivity contribution in [2.45, 2.75) is 26.3 Å². The molecule has 0 fully saturated rings. The lowest BCUT2D eigenvalue weighted by molar-refractivity contribution is -0.136. The number of carbonyl (C=O) groups excluding carboxylic acids is 1. The molecule has 0 saturated heterocycles. The molecular weight excluding hydrogens is 392 g/mol. The number of aromatic nitrogens is 1. The van der Waals surface area contributed by atoms with Crippen LogP contribution in [0, 0.1) is 0 Å². The lowest BCUT2D eigenvalue weighted by Gasteiger charge is -2.16. The summed E-state index contributed by atoms with van der Waals surface area (Å²) in [5.74, 6) is -0.0737. The van der Waals surface area contributed by atoms with Crippen molar-refractivity contribution < 1.29 is 19.4 Å². The molecule has 2 N–H and O–H groups in total. The van der Waals surface area contributed by atoms with Crippen molar-refractivity contribution in [3.05, 3.63) is 71.9 Å². The van der Waals surface area contributed by atoms with Gasteiger partial charge in [0.15, 0.2) is 0 Å². The number of hydrogen-bond donors (Lipinski definition) is 2. The van der Waals surface area contributed by atoms with E-state index in [2.05, 4.69) is 16.4 Å². The fraction of sp³-hybridized carbons (Fsp3) is 0.240. The first-order chi connectivity index (χ1) is 15.0. The van der Waals surface area contributed by atoms with Crippen LogP contribution in [-0.4, -0.2) is 35.5 Å². The van der Waals surface area contributed by atoms with Crippen LogP contribution in [0.15, 0.2) is 60.8 Å². The molecule has 6 nitrogen and oxygen atoms in total. The van der Waals surface area contributed by atoms with E-state index >= 15 is 0 Å². The van der Waals surface area contributed by atoms with Crippen LogP contribution in [0.4, 0.5) is 0 Å². The number of rotatable bonds is 10. The Balaban J connectivity index is 2.03. The van der Waals surface area contributed by atoms with Crippen LogP contribution in [-0.2, 0) is 22.6 Å². The Morgan fingerprint density at radius 1 is 1.06 bits per heavy atom. The molecule has 0 bridgehead atoms. The molecule has 0 unspecified atom stereocenters. The molecular formula is C25H26N2O4. The topological polar surface area (TPSA) is 88.5 Å². The van der Waals surface area contributed by atoms with Crippen molar-refractivity contribution in [2.24, 2.45) is 0 Å². The minimum Gasteiger partial charge on any atom is -0.496 e. The van der Waals surface area contributed by atoms with E-state index in [0.717, 1.165) is 27.9 Å². The first-order valence-electron chi connectivity index (χ1n) is 10.1. The molecule has 2 aromatic carbocycles. The van der Waals surface area contributed by atoms with Crippen LogP contribution < -0.4 is 10.1 Å². The highest BCUT2D eigenvalue weighted by Crippen LogP contribution is 2.35. The van der Waals surface area contributed by atoms with Gasteiger partial charge in [-0.05, 0) is 53.9 Å². The Hall–Kier alpha value is -3.51. The summed E-state index contributed by atoms with van der Waals surface area (Å²) in [5.41, 5.74) is 5.33. The third kappa shape index (κ3) is 5.99. The zero-order valence-corrected chi connectivity index (χ0v) is 17.7. The number of nitrogens with one attached hydrogen (secondary N) is 1. The molecule has 3 aromatic rings. The number of carboxylic acid groups (broad SMARTS) is 1. The molecule has 6 heteroatoms. The van der Waals surface area contributed by atoms with Gasteiger partial charge in [-0.3, -0.25) is 14.6 Å². The largest absolute Gasteiger partial charge is 0.496 e. The van der Waals surface area contributed by atoms with Gasteiger partial charge in [0.05, 0.1) is 19.2 Å². The molecule has 1 heterocycles. The van der Waals surface area contributed by atoms with E-state index in [1.54, 1.807) is 32.4 Å². The second-order valence-corrected chi connectivity index (χ2v) is 7.32. The number of benzene rings is 2. The number of pyridine rings is 1. The number of carboxylic acids is 1. The predicted octanol–water partition coefficient (Wildman–Crippen LogP) is 4.12. The molecule has 0 spiro atoms. The number of nitrogens with zero attached hydrogens (tertiary/aromatic N) is 1. The zero-order chi connectivity index (χ0) is 22.2. The third-order valence-electron chi connectivity index (χ3n) is 4.94. The molecule has 0 radical (unpaired) electrons. The molecule has 1 aromatic heterocycles. The Labute approximate surface area is 181 Å². The van der Waals surface area contributed by atoms with Gasteiger partial charge in [-0.15, -0.1) is 0 Å². The molecule has 0 aliphatic heterocycles. The van der Waals surface area contributed by atoms with Crippen LogP contribution in [0.2, 0.25) is 0 Å². The van der Waals surface area contributed by atoms with Gasteiger partial charge in [-0.25, -0.2) is 0 Å². The van der Waals surface area contributed by atoms with Crippen LogP contribution >= 0.6 is 0 Å². The van der Waals surface area contributed by atoms with Crippen molar-refractivity contribution in [2.75, 3.05) is 13.7 Å². The highest BCUT2D eigenvalue weighted by atomic mass is 16.5. The molecule has 0 aliphatic rings. The van der Waals surface area contributed by atoms with E-state index in [4.69, 9.17) is 4.74 Å². The maximum absolute atomic E-state index is 11.3. The van der Waals surface area contributed by atoms with Crippen molar-refractivity contribution >= 4 is 11.8 Å². The average molecular weight is 418 g/mol. The smallest absolute Gasteiger partial charge is 0.307 e. The van der Waals surface area contributed by atoms with E-state index in [0.29, 0.717) is 30.8 Å². The second kappa shape index (κ2) is 10.5. The molecule has 0 saturated carbocycles. The summed E-state index contributed by atoms with van der Waals surface area (Å²) in [6, 6.07) is 17.3. The van der Waals surface area contributed by atoms with E-state index in [-0.39, 0.29) is 12.2 Å². The fourth-order valence-electron chi connectivity index (χ4n) is 3.43. The Morgan fingerprint density at radius 3 is 2.58 bits per heavy atom. The number of ketones is 1. The molecule has 160 valence electrons. The zero-order valence-electron chi connectivity index (χ0n) is 17.7. The maximum atomic E-state index is 11.3. The molecule has 31 heavy (non-hydrogen) atoms. The number of aliphatic carboxylic acids is 1. The minimum atomic E-state index is -0.882. The summed E-state index contributed by atoms with van der Waals surface area (Å²) < 4.78 is 5.56. The summed E-state index contributed by atoms with van der Waals surface area (Å²) in [4.78, 5) is 26.9. The van der Waals surface area contributed by atoms with Crippen molar-refractivity contribution in [1.82, 2.24) is 10.3 Å². The van der Waals surface area contributed by atoms with Gasteiger partial charge in [-0.2, -0.15) is 0 Å². The van der Waals surface area contributed by atoms with Gasteiger partial charge < -0.3 is 15.2 Å². The van der Waals surface area contributed by atoms with Gasteiger partial charge in [0.2, 0.25) is 0 Å². The van der Waals surface area contributed by atoms with Crippen LogP contribution in [0.25, 0.3) is 22.4 Å². The van der Waals surface area contributed by atoms with Crippen molar-refractivity contribution in [3.8, 4) is 28.1 Å². The monoisotopic (exact) mass is 418 g/mol. The summed E-state index contributed by atoms with van der Waals surface area (Å²) in [5, 5.41) is 12.5. The number of ether oxygens (including phenoxy) is 1. The molecule has 3 rings (SSSR count). The van der Waals surface area contributed by atoms with E-state index in [9.17, 15) is 14.7 Å². The highest BCUT2D eigenvalue weighted by Gasteiger charge is 2.14. The summed E-state index contributed by atoms with van der Waals surface area (Å²) >= 11 is 0. The fourth-order valence-corrected chi connectivity index (χ4v) is 3.43. The van der Waals surface area contributed by atoms with Gasteiger partial charge >= 0.3 is 5.97 Å². The van der Waals surface area contributed by atoms with Crippen LogP contribution in [0.5, 0.6) is 5.75 Å². The summed E-state index contributed by atoms with van der Waals surface area (Å²) in [6.45, 7) is 2.71. The third-order valence-corrected chi connectivity index (χ3v) is 4.94. The molecule has 0 amide bonds. The number of carbonyl (C=O) groups is 2. The first-order valence-corrected chi connectivity index (χ1v) is 10.1. The van der Waals surface area contributed by atoms with Crippen LogP contribution in [0.3, 0.4) is 0 Å². The molecule has 0 aliphatic carbocycles. The Kier molecular flexibility index (Phi) is 7.51. The lowest BCUT2D eigenvalue weighted by atomic mass is 9.94. The average Bonchev–Trinajstić information content (AvgIpc) is 2.76. The predicted molar refractivity (Wildman–Crippen MR) is 120 cm³/mol. The number of Topliss-reactive ketones (excluding diaryl/α,β-unsaturated/α-hetero) is 1. The van der Waals surface area contributed by atoms with Gasteiger partial charge in [0.25, 0.3) is 0 Å². The van der Waals surface area contributed by atoms with E-state index in [1.807, 2.05) is 36.4 Å². The first kappa shape index (κ1) is 22.2. The second-order valence-electron chi connectivity index (χ2n) is 7.32. The van der Waals surface area contributed by atoms with Gasteiger partial charge in [0.1, 0.15) is 11.5 Å². The van der Waals surface area contributed by atoms with Crippen molar-refractivity contribution in [1.29, 1.82) is 0 Å². The molecule has 0 atom stereocenters. The normalized spacial score (nSPS) is 10.6. The summed E-state index contributed by atoms with van der Waals surface area (Å²) in [7, 11) is 1.60. The van der Waals surface area contributed by atoms with Gasteiger partial charge in [-0.1, -0.05) is 24.3 Å². The Bertz CT molecular complexity index is 1060. The Morgan fingerprint density at radius 2 is 1.90 bits per heavy atom. The van der Waals surface area contributed by atoms with Crippen LogP contribution in [0.1, 0.15) is 24.5 Å². The highest BCUT2D eigenvalue weighted by molar-refractivity contribution is 5.79. The van der Waals surface area contributed by atoms with E-state index in [1.165, 1.54) is 0 Å². The standard InChI is InChI=1S/C25H26N2O4/c1-17(28)10-12-26-16-20-15-19(23-5-3-4-11-27-23)7-8-21(20)22-13-18(14-25(29)30)6-9-24(22)31-2/h3-9,11,13,15,26H,10,12,14,16H2,1-2H3,(H,29,30). The van der Waals surface area contributed by atoms with Crippen molar-refractivity contribution in [3.63, 3.8) is 0 Å². The lowest BCUT2D eigenvalue weighted by Crippen LogP contribution is -2.17. The summed E-state index contributed by atoms with van der Waals surface area (Å²) in [6.07, 6.45) is 2.16. The SMILES string of the molecule is COc1ccc(CC(=O)O)cc1-c1ccc(-c2ccccn2)cc1CNCCC(C)=O. The maximum Gasteiger partial charge on any atom is 0.307 e.